The van der Waals surface area contributed by atoms with Crippen LogP contribution in [0.5, 0.6) is 0 Å². The van der Waals surface area contributed by atoms with Crippen LogP contribution in [0.1, 0.15) is 24.8 Å². The standard InChI is InChI=1S/C17H17F2N3O/c18-17(19)5-3-14(8-17)21-16-20-9-12-2-1-11(7-15(12)22-16)13-4-6-23-10-13/h1-2,4,7,9,14H,3,5-6,8,10H2,(H,20,21,22)/t14-/m0/s1. The molecule has 0 amide bonds. The van der Waals surface area contributed by atoms with E-state index in [2.05, 4.69) is 21.4 Å². The van der Waals surface area contributed by atoms with Gasteiger partial charge in [-0.25, -0.2) is 18.7 Å². The predicted molar refractivity (Wildman–Crippen MR) is 84.5 cm³/mol. The van der Waals surface area contributed by atoms with E-state index in [0.29, 0.717) is 25.6 Å². The molecule has 6 heteroatoms. The topological polar surface area (TPSA) is 47.0 Å². The van der Waals surface area contributed by atoms with E-state index < -0.39 is 5.92 Å². The minimum atomic E-state index is -2.57. The molecule has 23 heavy (non-hydrogen) atoms. The molecule has 0 spiro atoms. The molecule has 4 rings (SSSR count). The molecule has 1 fully saturated rings. The minimum Gasteiger partial charge on any atom is -0.373 e. The van der Waals surface area contributed by atoms with Gasteiger partial charge in [-0.2, -0.15) is 0 Å². The Labute approximate surface area is 132 Å². The van der Waals surface area contributed by atoms with Crippen LogP contribution in [0.3, 0.4) is 0 Å². The number of benzene rings is 1. The summed E-state index contributed by atoms with van der Waals surface area (Å²) in [4.78, 5) is 8.72. The first-order valence-electron chi connectivity index (χ1n) is 7.77. The van der Waals surface area contributed by atoms with Crippen molar-refractivity contribution in [2.45, 2.75) is 31.2 Å². The minimum absolute atomic E-state index is 0.0729. The molecule has 0 bridgehead atoms. The van der Waals surface area contributed by atoms with Gasteiger partial charge in [0.1, 0.15) is 0 Å². The van der Waals surface area contributed by atoms with Gasteiger partial charge in [0.15, 0.2) is 0 Å². The number of alkyl halides is 2. The first-order chi connectivity index (χ1) is 11.1. The van der Waals surface area contributed by atoms with E-state index in [1.165, 1.54) is 0 Å². The molecule has 1 aliphatic heterocycles. The fraction of sp³-hybridized carbons (Fsp3) is 0.412. The predicted octanol–water partition coefficient (Wildman–Crippen LogP) is 3.64. The summed E-state index contributed by atoms with van der Waals surface area (Å²) in [6.45, 7) is 1.25. The molecular weight excluding hydrogens is 300 g/mol. The third-order valence-corrected chi connectivity index (χ3v) is 4.40. The van der Waals surface area contributed by atoms with Crippen molar-refractivity contribution < 1.29 is 13.5 Å². The molecule has 2 aliphatic rings. The second kappa shape index (κ2) is 5.53. The molecule has 1 aromatic heterocycles. The quantitative estimate of drug-likeness (QED) is 0.939. The van der Waals surface area contributed by atoms with E-state index >= 15 is 0 Å². The van der Waals surface area contributed by atoms with Gasteiger partial charge in [-0.3, -0.25) is 0 Å². The summed E-state index contributed by atoms with van der Waals surface area (Å²) in [5.74, 6) is -2.16. The summed E-state index contributed by atoms with van der Waals surface area (Å²) in [5.41, 5.74) is 3.03. The van der Waals surface area contributed by atoms with E-state index in [0.717, 1.165) is 22.0 Å². The molecule has 2 heterocycles. The second-order valence-electron chi connectivity index (χ2n) is 6.15. The van der Waals surface area contributed by atoms with Crippen LogP contribution in [0.2, 0.25) is 0 Å². The van der Waals surface area contributed by atoms with E-state index in [9.17, 15) is 8.78 Å². The number of fused-ring (bicyclic) bond motifs is 1. The molecule has 1 saturated carbocycles. The van der Waals surface area contributed by atoms with Crippen LogP contribution < -0.4 is 5.32 Å². The van der Waals surface area contributed by atoms with Crippen LogP contribution in [-0.4, -0.2) is 35.1 Å². The van der Waals surface area contributed by atoms with Crippen LogP contribution in [0.4, 0.5) is 14.7 Å². The molecular formula is C17H17F2N3O. The third-order valence-electron chi connectivity index (χ3n) is 4.40. The summed E-state index contributed by atoms with van der Waals surface area (Å²) < 4.78 is 31.9. The van der Waals surface area contributed by atoms with Crippen molar-refractivity contribution in [2.75, 3.05) is 18.5 Å². The maximum Gasteiger partial charge on any atom is 0.250 e. The number of aromatic nitrogens is 2. The molecule has 1 aromatic carbocycles. The zero-order valence-electron chi connectivity index (χ0n) is 12.6. The highest BCUT2D eigenvalue weighted by atomic mass is 19.3. The smallest absolute Gasteiger partial charge is 0.250 e. The maximum absolute atomic E-state index is 13.3. The van der Waals surface area contributed by atoms with Crippen molar-refractivity contribution in [2.24, 2.45) is 0 Å². The number of nitrogens with zero attached hydrogens (tertiary/aromatic N) is 2. The summed E-state index contributed by atoms with van der Waals surface area (Å²) in [7, 11) is 0. The lowest BCUT2D eigenvalue weighted by molar-refractivity contribution is 0.00851. The normalized spacial score (nSPS) is 23.2. The fourth-order valence-electron chi connectivity index (χ4n) is 3.14. The monoisotopic (exact) mass is 317 g/mol. The van der Waals surface area contributed by atoms with Crippen LogP contribution in [0.25, 0.3) is 16.5 Å². The van der Waals surface area contributed by atoms with Gasteiger partial charge in [0.05, 0.1) is 18.7 Å². The second-order valence-corrected chi connectivity index (χ2v) is 6.15. The van der Waals surface area contributed by atoms with Gasteiger partial charge in [0.2, 0.25) is 11.9 Å². The molecule has 1 atom stereocenters. The van der Waals surface area contributed by atoms with Crippen molar-refractivity contribution >= 4 is 22.4 Å². The number of hydrogen-bond donors (Lipinski definition) is 1. The number of hydrogen-bond acceptors (Lipinski definition) is 4. The molecule has 0 radical (unpaired) electrons. The average Bonchev–Trinajstić information content (AvgIpc) is 3.16. The van der Waals surface area contributed by atoms with Crippen molar-refractivity contribution in [1.29, 1.82) is 0 Å². The number of ether oxygens (including phenoxy) is 1. The van der Waals surface area contributed by atoms with Crippen LogP contribution >= 0.6 is 0 Å². The highest BCUT2D eigenvalue weighted by molar-refractivity contribution is 5.83. The number of halogens is 2. The SMILES string of the molecule is FC1(F)CC[C@H](Nc2ncc3ccc(C4=CCOC4)cc3n2)C1. The highest BCUT2D eigenvalue weighted by Crippen LogP contribution is 2.36. The number of rotatable bonds is 3. The van der Waals surface area contributed by atoms with E-state index in [4.69, 9.17) is 4.74 Å². The zero-order valence-corrected chi connectivity index (χ0v) is 12.6. The van der Waals surface area contributed by atoms with E-state index in [1.807, 2.05) is 18.2 Å². The average molecular weight is 317 g/mol. The fourth-order valence-corrected chi connectivity index (χ4v) is 3.14. The molecule has 0 unspecified atom stereocenters. The largest absolute Gasteiger partial charge is 0.373 e. The van der Waals surface area contributed by atoms with Gasteiger partial charge < -0.3 is 10.1 Å². The van der Waals surface area contributed by atoms with Gasteiger partial charge >= 0.3 is 0 Å². The summed E-state index contributed by atoms with van der Waals surface area (Å²) >= 11 is 0. The molecule has 120 valence electrons. The Morgan fingerprint density at radius 2 is 2.22 bits per heavy atom. The van der Waals surface area contributed by atoms with Crippen molar-refractivity contribution in [3.05, 3.63) is 36.0 Å². The number of anilines is 1. The lowest BCUT2D eigenvalue weighted by atomic mass is 10.1. The Kier molecular flexibility index (Phi) is 3.49. The Hall–Kier alpha value is -2.08. The summed E-state index contributed by atoms with van der Waals surface area (Å²) in [5, 5.41) is 3.96. The van der Waals surface area contributed by atoms with Crippen molar-refractivity contribution in [3.63, 3.8) is 0 Å². The molecule has 0 saturated heterocycles. The Morgan fingerprint density at radius 3 is 2.96 bits per heavy atom. The lowest BCUT2D eigenvalue weighted by Gasteiger charge is -2.13. The van der Waals surface area contributed by atoms with Crippen molar-refractivity contribution in [1.82, 2.24) is 9.97 Å². The number of nitrogens with one attached hydrogen (secondary N) is 1. The summed E-state index contributed by atoms with van der Waals surface area (Å²) in [6.07, 6.45) is 4.00. The van der Waals surface area contributed by atoms with Gasteiger partial charge in [-0.05, 0) is 23.6 Å². The lowest BCUT2D eigenvalue weighted by Crippen LogP contribution is -2.20. The zero-order chi connectivity index (χ0) is 15.9. The van der Waals surface area contributed by atoms with Crippen molar-refractivity contribution in [3.8, 4) is 0 Å². The third kappa shape index (κ3) is 3.03. The Morgan fingerprint density at radius 1 is 1.30 bits per heavy atom. The molecule has 1 aliphatic carbocycles. The van der Waals surface area contributed by atoms with Gasteiger partial charge in [0.25, 0.3) is 0 Å². The first-order valence-corrected chi connectivity index (χ1v) is 7.77. The molecule has 1 N–H and O–H groups in total. The highest BCUT2D eigenvalue weighted by Gasteiger charge is 2.39. The van der Waals surface area contributed by atoms with Crippen LogP contribution in [0.15, 0.2) is 30.5 Å². The van der Waals surface area contributed by atoms with E-state index in [1.54, 1.807) is 6.20 Å². The molecule has 4 nitrogen and oxygen atoms in total. The van der Waals surface area contributed by atoms with Gasteiger partial charge in [-0.15, -0.1) is 0 Å². The Balaban J connectivity index is 1.59. The summed E-state index contributed by atoms with van der Waals surface area (Å²) in [6, 6.07) is 5.72. The van der Waals surface area contributed by atoms with Crippen LogP contribution in [-0.2, 0) is 4.74 Å². The van der Waals surface area contributed by atoms with Crippen LogP contribution in [0, 0.1) is 0 Å². The molecule has 2 aromatic rings. The van der Waals surface area contributed by atoms with Gasteiger partial charge in [-0.1, -0.05) is 18.2 Å². The first kappa shape index (κ1) is 14.5. The van der Waals surface area contributed by atoms with Gasteiger partial charge in [0, 0.05) is 30.5 Å². The Bertz CT molecular complexity index is 776. The maximum atomic E-state index is 13.3. The van der Waals surface area contributed by atoms with E-state index in [-0.39, 0.29) is 18.9 Å².